The summed E-state index contributed by atoms with van der Waals surface area (Å²) in [4.78, 5) is 27.5. The van der Waals surface area contributed by atoms with Gasteiger partial charge < -0.3 is 15.1 Å². The number of likely N-dealkylation sites (tertiary alicyclic amines) is 2. The zero-order valence-corrected chi connectivity index (χ0v) is 16.0. The minimum atomic E-state index is -0.0210. The minimum Gasteiger partial charge on any atom is -0.338 e. The van der Waals surface area contributed by atoms with E-state index >= 15 is 0 Å². The summed E-state index contributed by atoms with van der Waals surface area (Å²) >= 11 is 0. The number of aryl methyl sites for hydroxylation is 1. The predicted molar refractivity (Wildman–Crippen MR) is 103 cm³/mol. The molecule has 8 heteroatoms. The number of benzene rings is 1. The summed E-state index contributed by atoms with van der Waals surface area (Å²) in [5.74, 6) is 0.188. The zero-order valence-electron chi connectivity index (χ0n) is 16.0. The summed E-state index contributed by atoms with van der Waals surface area (Å²) < 4.78 is 1.81. The Balaban J connectivity index is 1.16. The second-order valence-electron chi connectivity index (χ2n) is 7.49. The second kappa shape index (κ2) is 8.41. The van der Waals surface area contributed by atoms with Gasteiger partial charge in [-0.15, -0.1) is 5.10 Å². The Morgan fingerprint density at radius 2 is 2.04 bits per heavy atom. The van der Waals surface area contributed by atoms with Crippen LogP contribution >= 0.6 is 0 Å². The normalized spacial score (nSPS) is 17.1. The summed E-state index contributed by atoms with van der Waals surface area (Å²) in [6.45, 7) is 3.27. The Bertz CT molecular complexity index is 815. The highest BCUT2D eigenvalue weighted by atomic mass is 16.2. The van der Waals surface area contributed by atoms with Gasteiger partial charge in [-0.1, -0.05) is 35.5 Å². The lowest BCUT2D eigenvalue weighted by Crippen LogP contribution is -2.54. The SMILES string of the molecule is O=C1CCCN1Cc1cn(C2CN(C(=O)NCCCc3ccccc3)C2)nn1. The van der Waals surface area contributed by atoms with Crippen LogP contribution in [-0.2, 0) is 17.8 Å². The third-order valence-corrected chi connectivity index (χ3v) is 5.37. The first-order chi connectivity index (χ1) is 13.7. The molecule has 0 bridgehead atoms. The first kappa shape index (κ1) is 18.5. The molecule has 0 radical (unpaired) electrons. The van der Waals surface area contributed by atoms with E-state index in [1.165, 1.54) is 5.56 Å². The molecule has 2 aromatic rings. The van der Waals surface area contributed by atoms with E-state index < -0.39 is 0 Å². The molecule has 148 valence electrons. The van der Waals surface area contributed by atoms with Crippen LogP contribution < -0.4 is 5.32 Å². The molecule has 0 saturated carbocycles. The Hall–Kier alpha value is -2.90. The highest BCUT2D eigenvalue weighted by Crippen LogP contribution is 2.21. The molecule has 1 N–H and O–H groups in total. The summed E-state index contributed by atoms with van der Waals surface area (Å²) in [5.41, 5.74) is 2.09. The Morgan fingerprint density at radius 3 is 2.79 bits per heavy atom. The van der Waals surface area contributed by atoms with E-state index in [9.17, 15) is 9.59 Å². The van der Waals surface area contributed by atoms with E-state index in [0.717, 1.165) is 31.5 Å². The van der Waals surface area contributed by atoms with Crippen molar-refractivity contribution in [3.63, 3.8) is 0 Å². The molecule has 1 aromatic carbocycles. The van der Waals surface area contributed by atoms with Crippen LogP contribution in [0.1, 0.15) is 36.6 Å². The van der Waals surface area contributed by atoms with Crippen LogP contribution in [0.5, 0.6) is 0 Å². The second-order valence-corrected chi connectivity index (χ2v) is 7.49. The maximum absolute atomic E-state index is 12.2. The van der Waals surface area contributed by atoms with Gasteiger partial charge in [0.2, 0.25) is 5.91 Å². The van der Waals surface area contributed by atoms with Gasteiger partial charge in [0, 0.05) is 32.6 Å². The molecule has 0 spiro atoms. The summed E-state index contributed by atoms with van der Waals surface area (Å²) in [7, 11) is 0. The van der Waals surface area contributed by atoms with E-state index in [4.69, 9.17) is 0 Å². The molecular weight excluding hydrogens is 356 g/mol. The van der Waals surface area contributed by atoms with Crippen molar-refractivity contribution in [1.82, 2.24) is 30.1 Å². The number of amides is 3. The van der Waals surface area contributed by atoms with Crippen molar-refractivity contribution in [3.8, 4) is 0 Å². The van der Waals surface area contributed by atoms with Gasteiger partial charge in [0.25, 0.3) is 0 Å². The van der Waals surface area contributed by atoms with Crippen LogP contribution in [0.3, 0.4) is 0 Å². The Morgan fingerprint density at radius 1 is 1.21 bits per heavy atom. The fourth-order valence-electron chi connectivity index (χ4n) is 3.66. The number of carbonyl (C=O) groups is 2. The van der Waals surface area contributed by atoms with Crippen molar-refractivity contribution in [2.75, 3.05) is 26.2 Å². The van der Waals surface area contributed by atoms with Crippen molar-refractivity contribution in [1.29, 1.82) is 0 Å². The molecule has 0 unspecified atom stereocenters. The zero-order chi connectivity index (χ0) is 19.3. The van der Waals surface area contributed by atoms with Gasteiger partial charge in [-0.05, 0) is 24.8 Å². The van der Waals surface area contributed by atoms with Crippen molar-refractivity contribution < 1.29 is 9.59 Å². The summed E-state index contributed by atoms with van der Waals surface area (Å²) in [6.07, 6.45) is 5.34. The quantitative estimate of drug-likeness (QED) is 0.738. The van der Waals surface area contributed by atoms with E-state index in [-0.39, 0.29) is 18.0 Å². The highest BCUT2D eigenvalue weighted by Gasteiger charge is 2.33. The molecule has 2 fully saturated rings. The number of carbonyl (C=O) groups excluding carboxylic acids is 2. The smallest absolute Gasteiger partial charge is 0.317 e. The largest absolute Gasteiger partial charge is 0.338 e. The van der Waals surface area contributed by atoms with Crippen LogP contribution in [0.25, 0.3) is 0 Å². The summed E-state index contributed by atoms with van der Waals surface area (Å²) in [6, 6.07) is 10.4. The van der Waals surface area contributed by atoms with Crippen molar-refractivity contribution in [2.45, 2.75) is 38.3 Å². The number of rotatable bonds is 7. The van der Waals surface area contributed by atoms with Gasteiger partial charge in [-0.3, -0.25) is 4.79 Å². The summed E-state index contributed by atoms with van der Waals surface area (Å²) in [5, 5.41) is 11.3. The van der Waals surface area contributed by atoms with Gasteiger partial charge in [-0.2, -0.15) is 0 Å². The average Bonchev–Trinajstić information content (AvgIpc) is 3.28. The maximum Gasteiger partial charge on any atom is 0.317 e. The van der Waals surface area contributed by atoms with E-state index in [0.29, 0.717) is 32.6 Å². The topological polar surface area (TPSA) is 83.4 Å². The molecule has 4 rings (SSSR count). The van der Waals surface area contributed by atoms with E-state index in [2.05, 4.69) is 27.8 Å². The van der Waals surface area contributed by atoms with Crippen LogP contribution in [0, 0.1) is 0 Å². The third kappa shape index (κ3) is 4.32. The monoisotopic (exact) mass is 382 g/mol. The number of hydrogen-bond acceptors (Lipinski definition) is 4. The van der Waals surface area contributed by atoms with Crippen LogP contribution in [0.4, 0.5) is 4.79 Å². The molecule has 1 aromatic heterocycles. The molecule has 3 heterocycles. The van der Waals surface area contributed by atoms with Crippen LogP contribution in [0.15, 0.2) is 36.5 Å². The Kier molecular flexibility index (Phi) is 5.55. The van der Waals surface area contributed by atoms with Gasteiger partial charge in [0.15, 0.2) is 0 Å². The minimum absolute atomic E-state index is 0.0210. The maximum atomic E-state index is 12.2. The first-order valence-corrected chi connectivity index (χ1v) is 9.94. The molecule has 2 saturated heterocycles. The molecule has 8 nitrogen and oxygen atoms in total. The predicted octanol–water partition coefficient (Wildman–Crippen LogP) is 1.60. The highest BCUT2D eigenvalue weighted by molar-refractivity contribution is 5.78. The van der Waals surface area contributed by atoms with E-state index in [1.54, 1.807) is 4.90 Å². The standard InChI is InChI=1S/C20H26N6O2/c27-19-9-5-11-24(19)12-17-13-26(23-22-17)18-14-25(15-18)20(28)21-10-4-8-16-6-2-1-3-7-16/h1-3,6-7,13,18H,4-5,8-12,14-15H2,(H,21,28). The lowest BCUT2D eigenvalue weighted by atomic mass is 10.1. The number of urea groups is 1. The van der Waals surface area contributed by atoms with E-state index in [1.807, 2.05) is 34.0 Å². The van der Waals surface area contributed by atoms with Crippen LogP contribution in [-0.4, -0.2) is 62.9 Å². The third-order valence-electron chi connectivity index (χ3n) is 5.37. The van der Waals surface area contributed by atoms with Gasteiger partial charge >= 0.3 is 6.03 Å². The van der Waals surface area contributed by atoms with Gasteiger partial charge in [-0.25, -0.2) is 9.48 Å². The van der Waals surface area contributed by atoms with Gasteiger partial charge in [0.05, 0.1) is 18.8 Å². The molecular formula is C20H26N6O2. The van der Waals surface area contributed by atoms with Gasteiger partial charge in [0.1, 0.15) is 5.69 Å². The number of nitrogens with one attached hydrogen (secondary N) is 1. The Labute approximate surface area is 164 Å². The van der Waals surface area contributed by atoms with Crippen molar-refractivity contribution >= 4 is 11.9 Å². The molecule has 0 atom stereocenters. The fraction of sp³-hybridized carbons (Fsp3) is 0.500. The average molecular weight is 382 g/mol. The molecule has 2 aliphatic heterocycles. The molecule has 3 amide bonds. The lowest BCUT2D eigenvalue weighted by molar-refractivity contribution is -0.128. The molecule has 2 aliphatic rings. The van der Waals surface area contributed by atoms with Crippen molar-refractivity contribution in [2.24, 2.45) is 0 Å². The number of hydrogen-bond donors (Lipinski definition) is 1. The first-order valence-electron chi connectivity index (χ1n) is 9.94. The van der Waals surface area contributed by atoms with Crippen molar-refractivity contribution in [3.05, 3.63) is 47.8 Å². The molecule has 0 aliphatic carbocycles. The fourth-order valence-corrected chi connectivity index (χ4v) is 3.66. The number of aromatic nitrogens is 3. The van der Waals surface area contributed by atoms with Crippen LogP contribution in [0.2, 0.25) is 0 Å². The number of nitrogens with zero attached hydrogens (tertiary/aromatic N) is 5. The molecule has 28 heavy (non-hydrogen) atoms. The lowest BCUT2D eigenvalue weighted by Gasteiger charge is -2.38.